The number of ether oxygens (including phenoxy) is 1. The van der Waals surface area contributed by atoms with E-state index in [4.69, 9.17) is 4.74 Å². The van der Waals surface area contributed by atoms with E-state index in [0.717, 1.165) is 42.1 Å². The second-order valence-corrected chi connectivity index (χ2v) is 9.41. The van der Waals surface area contributed by atoms with Gasteiger partial charge in [0, 0.05) is 10.2 Å². The van der Waals surface area contributed by atoms with Gasteiger partial charge in [-0.25, -0.2) is 0 Å². The van der Waals surface area contributed by atoms with Crippen LogP contribution in [0.25, 0.3) is 0 Å². The number of benzene rings is 1. The van der Waals surface area contributed by atoms with Crippen molar-refractivity contribution in [2.45, 2.75) is 51.0 Å². The van der Waals surface area contributed by atoms with Crippen LogP contribution in [0.15, 0.2) is 22.7 Å². The molecule has 2 unspecified atom stereocenters. The third kappa shape index (κ3) is 3.29. The zero-order chi connectivity index (χ0) is 18.5. The van der Waals surface area contributed by atoms with Crippen molar-refractivity contribution < 1.29 is 19.4 Å². The molecule has 2 N–H and O–H groups in total. The number of amides is 1. The van der Waals surface area contributed by atoms with Crippen molar-refractivity contribution in [2.75, 3.05) is 11.9 Å². The highest BCUT2D eigenvalue weighted by molar-refractivity contribution is 9.10. The summed E-state index contributed by atoms with van der Waals surface area (Å²) in [6.07, 6.45) is 4.79. The molecule has 0 aliphatic heterocycles. The summed E-state index contributed by atoms with van der Waals surface area (Å²) < 4.78 is 6.36. The summed E-state index contributed by atoms with van der Waals surface area (Å²) in [7, 11) is 0. The van der Waals surface area contributed by atoms with Crippen molar-refractivity contribution in [3.63, 3.8) is 0 Å². The van der Waals surface area contributed by atoms with Crippen molar-refractivity contribution in [1.29, 1.82) is 0 Å². The summed E-state index contributed by atoms with van der Waals surface area (Å²) in [5, 5.41) is 13.5. The third-order valence-corrected chi connectivity index (χ3v) is 7.13. The molecule has 1 aromatic rings. The molecule has 5 rings (SSSR count). The fraction of sp³-hybridized carbons (Fsp3) is 0.600. The fourth-order valence-corrected chi connectivity index (χ4v) is 5.90. The Morgan fingerprint density at radius 2 is 1.96 bits per heavy atom. The lowest BCUT2D eigenvalue weighted by Gasteiger charge is -2.58. The number of esters is 1. The second kappa shape index (κ2) is 6.34. The number of anilines is 1. The molecular weight excluding hydrogens is 398 g/mol. The predicted molar refractivity (Wildman–Crippen MR) is 101 cm³/mol. The molecule has 1 amide bonds. The summed E-state index contributed by atoms with van der Waals surface area (Å²) in [6.45, 7) is 1.65. The maximum atomic E-state index is 12.8. The van der Waals surface area contributed by atoms with Crippen LogP contribution in [0.2, 0.25) is 0 Å². The normalized spacial score (nSPS) is 34.6. The first-order valence-corrected chi connectivity index (χ1v) is 10.0. The zero-order valence-electron chi connectivity index (χ0n) is 14.9. The number of carbonyl (C=O) groups excluding carboxylic acids is 2. The van der Waals surface area contributed by atoms with Crippen molar-refractivity contribution >= 4 is 33.5 Å². The van der Waals surface area contributed by atoms with Crippen molar-refractivity contribution in [3.05, 3.63) is 28.2 Å². The number of rotatable bonds is 4. The van der Waals surface area contributed by atoms with Crippen molar-refractivity contribution in [3.8, 4) is 0 Å². The van der Waals surface area contributed by atoms with Crippen LogP contribution in [0.4, 0.5) is 5.69 Å². The van der Waals surface area contributed by atoms with Gasteiger partial charge in [0.05, 0.1) is 11.0 Å². The molecule has 4 aliphatic carbocycles. The molecule has 0 heterocycles. The van der Waals surface area contributed by atoms with E-state index in [1.807, 2.05) is 19.1 Å². The lowest BCUT2D eigenvalue weighted by Crippen LogP contribution is -2.58. The molecule has 6 heteroatoms. The van der Waals surface area contributed by atoms with Gasteiger partial charge in [-0.3, -0.25) is 9.59 Å². The molecule has 4 atom stereocenters. The molecule has 0 radical (unpaired) electrons. The predicted octanol–water partition coefficient (Wildman–Crippen LogP) is 3.57. The van der Waals surface area contributed by atoms with Gasteiger partial charge in [-0.05, 0) is 81.0 Å². The molecule has 0 aromatic heterocycles. The first-order chi connectivity index (χ1) is 12.3. The van der Waals surface area contributed by atoms with E-state index in [-0.39, 0.29) is 18.5 Å². The van der Waals surface area contributed by atoms with E-state index >= 15 is 0 Å². The Bertz CT molecular complexity index is 748. The number of halogens is 1. The van der Waals surface area contributed by atoms with Crippen molar-refractivity contribution in [2.24, 2.45) is 17.3 Å². The molecule has 140 valence electrons. The van der Waals surface area contributed by atoms with E-state index in [2.05, 4.69) is 21.2 Å². The van der Waals surface area contributed by atoms with Crippen LogP contribution in [0.1, 0.15) is 44.1 Å². The zero-order valence-corrected chi connectivity index (χ0v) is 16.5. The van der Waals surface area contributed by atoms with Gasteiger partial charge in [0.1, 0.15) is 0 Å². The fourth-order valence-electron chi connectivity index (χ4n) is 5.66. The summed E-state index contributed by atoms with van der Waals surface area (Å²) in [5.41, 5.74) is 0.394. The minimum absolute atomic E-state index is 0.288. The van der Waals surface area contributed by atoms with Gasteiger partial charge in [-0.15, -0.1) is 0 Å². The Balaban J connectivity index is 1.36. The molecule has 5 nitrogen and oxygen atoms in total. The number of carbonyl (C=O) groups is 2. The highest BCUT2D eigenvalue weighted by Gasteiger charge is 2.60. The lowest BCUT2D eigenvalue weighted by atomic mass is 9.48. The Morgan fingerprint density at radius 1 is 1.27 bits per heavy atom. The van der Waals surface area contributed by atoms with Crippen LogP contribution in [-0.2, 0) is 14.3 Å². The van der Waals surface area contributed by atoms with E-state index in [0.29, 0.717) is 23.9 Å². The minimum Gasteiger partial charge on any atom is -0.455 e. The molecule has 4 aliphatic rings. The van der Waals surface area contributed by atoms with Crippen LogP contribution < -0.4 is 5.32 Å². The van der Waals surface area contributed by atoms with E-state index in [1.165, 1.54) is 0 Å². The summed E-state index contributed by atoms with van der Waals surface area (Å²) >= 11 is 3.42. The van der Waals surface area contributed by atoms with E-state index in [1.54, 1.807) is 6.07 Å². The van der Waals surface area contributed by atoms with E-state index in [9.17, 15) is 14.7 Å². The number of hydrogen-bond donors (Lipinski definition) is 2. The smallest absolute Gasteiger partial charge is 0.312 e. The molecule has 4 fully saturated rings. The quantitative estimate of drug-likeness (QED) is 0.728. The van der Waals surface area contributed by atoms with Crippen LogP contribution in [0.3, 0.4) is 0 Å². The van der Waals surface area contributed by atoms with Gasteiger partial charge in [-0.1, -0.05) is 15.9 Å². The number of aliphatic hydroxyl groups is 1. The van der Waals surface area contributed by atoms with Crippen molar-refractivity contribution in [1.82, 2.24) is 0 Å². The maximum Gasteiger partial charge on any atom is 0.312 e. The van der Waals surface area contributed by atoms with Crippen LogP contribution in [0.5, 0.6) is 0 Å². The van der Waals surface area contributed by atoms with Crippen LogP contribution >= 0.6 is 15.9 Å². The summed E-state index contributed by atoms with van der Waals surface area (Å²) in [5.74, 6) is 0.164. The highest BCUT2D eigenvalue weighted by Crippen LogP contribution is 2.61. The second-order valence-electron chi connectivity index (χ2n) is 8.55. The molecule has 4 saturated carbocycles. The van der Waals surface area contributed by atoms with Crippen LogP contribution in [0, 0.1) is 24.2 Å². The summed E-state index contributed by atoms with van der Waals surface area (Å²) in [4.78, 5) is 24.9. The SMILES string of the molecule is Cc1cc(NC(=O)COC(=O)C23C[C@@H]4C[C@@H](CC(O)(C4)C2)C3)ccc1Br. The maximum absolute atomic E-state index is 12.8. The third-order valence-electron chi connectivity index (χ3n) is 6.24. The van der Waals surface area contributed by atoms with Gasteiger partial charge in [-0.2, -0.15) is 0 Å². The first-order valence-electron chi connectivity index (χ1n) is 9.23. The van der Waals surface area contributed by atoms with E-state index < -0.39 is 11.0 Å². The van der Waals surface area contributed by atoms with Gasteiger partial charge < -0.3 is 15.2 Å². The molecule has 0 saturated heterocycles. The lowest BCUT2D eigenvalue weighted by molar-refractivity contribution is -0.196. The molecular formula is C20H24BrNO4. The number of aryl methyl sites for hydroxylation is 1. The van der Waals surface area contributed by atoms with Gasteiger partial charge in [0.2, 0.25) is 0 Å². The number of nitrogens with one attached hydrogen (secondary N) is 1. The Labute approximate surface area is 161 Å². The Kier molecular flexibility index (Phi) is 4.39. The van der Waals surface area contributed by atoms with Gasteiger partial charge in [0.15, 0.2) is 6.61 Å². The number of hydrogen-bond acceptors (Lipinski definition) is 4. The molecule has 1 aromatic carbocycles. The molecule has 4 bridgehead atoms. The average Bonchev–Trinajstić information content (AvgIpc) is 2.53. The molecule has 0 spiro atoms. The van der Waals surface area contributed by atoms with Gasteiger partial charge >= 0.3 is 5.97 Å². The molecule has 26 heavy (non-hydrogen) atoms. The Morgan fingerprint density at radius 3 is 2.58 bits per heavy atom. The largest absolute Gasteiger partial charge is 0.455 e. The standard InChI is InChI=1S/C20H24BrNO4/c1-12-4-15(2-3-16(12)21)22-17(23)10-26-18(24)19-6-13-5-14(7-19)9-20(25,8-13)11-19/h2-4,13-14,25H,5-11H2,1H3,(H,22,23)/t13-,14+,19?,20?. The van der Waals surface area contributed by atoms with Crippen LogP contribution in [-0.4, -0.2) is 29.2 Å². The summed E-state index contributed by atoms with van der Waals surface area (Å²) in [6, 6.07) is 5.52. The monoisotopic (exact) mass is 421 g/mol. The Hall–Kier alpha value is -1.40. The minimum atomic E-state index is -0.708. The first kappa shape index (κ1) is 18.0. The topological polar surface area (TPSA) is 75.6 Å². The average molecular weight is 422 g/mol. The van der Waals surface area contributed by atoms with Gasteiger partial charge in [0.25, 0.3) is 5.91 Å². The highest BCUT2D eigenvalue weighted by atomic mass is 79.9.